The van der Waals surface area contributed by atoms with Gasteiger partial charge in [-0.25, -0.2) is 9.59 Å². The van der Waals surface area contributed by atoms with Gasteiger partial charge in [-0.15, -0.1) is 11.8 Å². The Kier molecular flexibility index (Phi) is 3.31. The molecular formula is C15H12N2O3S. The summed E-state index contributed by atoms with van der Waals surface area (Å²) in [6.45, 7) is 0. The maximum absolute atomic E-state index is 12.2. The number of benzene rings is 2. The van der Waals surface area contributed by atoms with Crippen LogP contribution in [0.4, 0.5) is 0 Å². The molecule has 1 aromatic heterocycles. The van der Waals surface area contributed by atoms with Crippen molar-refractivity contribution in [1.82, 2.24) is 9.55 Å². The molecule has 2 N–H and O–H groups in total. The second-order valence-electron chi connectivity index (χ2n) is 4.47. The number of aromatic nitrogens is 2. The number of hydrogen-bond acceptors (Lipinski definition) is 3. The predicted molar refractivity (Wildman–Crippen MR) is 82.6 cm³/mol. The number of imidazole rings is 1. The third-order valence-electron chi connectivity index (χ3n) is 3.26. The second kappa shape index (κ2) is 5.14. The van der Waals surface area contributed by atoms with E-state index in [4.69, 9.17) is 0 Å². The van der Waals surface area contributed by atoms with E-state index in [1.54, 1.807) is 23.9 Å². The van der Waals surface area contributed by atoms with Crippen molar-refractivity contribution < 1.29 is 9.90 Å². The van der Waals surface area contributed by atoms with Gasteiger partial charge in [0.2, 0.25) is 0 Å². The molecule has 0 fully saturated rings. The van der Waals surface area contributed by atoms with Crippen LogP contribution in [-0.2, 0) is 0 Å². The normalized spacial score (nSPS) is 10.9. The van der Waals surface area contributed by atoms with Gasteiger partial charge in [-0.2, -0.15) is 0 Å². The number of carboxylic acid groups (broad SMARTS) is 1. The van der Waals surface area contributed by atoms with Crippen molar-refractivity contribution in [2.24, 2.45) is 0 Å². The molecule has 0 spiro atoms. The molecule has 3 rings (SSSR count). The highest BCUT2D eigenvalue weighted by Gasteiger charge is 2.15. The lowest BCUT2D eigenvalue weighted by atomic mass is 10.2. The monoisotopic (exact) mass is 300 g/mol. The minimum Gasteiger partial charge on any atom is -0.478 e. The number of fused-ring (bicyclic) bond motifs is 1. The predicted octanol–water partition coefficient (Wildman–Crippen LogP) is 2.74. The van der Waals surface area contributed by atoms with Crippen molar-refractivity contribution in [2.45, 2.75) is 4.90 Å². The molecule has 0 saturated heterocycles. The van der Waals surface area contributed by atoms with E-state index in [0.717, 1.165) is 4.90 Å². The zero-order chi connectivity index (χ0) is 15.0. The van der Waals surface area contributed by atoms with Crippen LogP contribution in [0.25, 0.3) is 16.7 Å². The van der Waals surface area contributed by atoms with E-state index in [1.807, 2.05) is 30.5 Å². The number of aromatic amines is 1. The van der Waals surface area contributed by atoms with Crippen molar-refractivity contribution >= 4 is 28.8 Å². The molecule has 6 heteroatoms. The van der Waals surface area contributed by atoms with Gasteiger partial charge in [-0.3, -0.25) is 4.57 Å². The van der Waals surface area contributed by atoms with E-state index in [9.17, 15) is 14.7 Å². The summed E-state index contributed by atoms with van der Waals surface area (Å²) < 4.78 is 1.49. The lowest BCUT2D eigenvalue weighted by molar-refractivity contribution is 0.0699. The van der Waals surface area contributed by atoms with Crippen molar-refractivity contribution in [1.29, 1.82) is 0 Å². The smallest absolute Gasteiger partial charge is 0.337 e. The number of carboxylic acids is 1. The summed E-state index contributed by atoms with van der Waals surface area (Å²) in [5, 5.41) is 9.20. The first-order valence-electron chi connectivity index (χ1n) is 6.23. The Labute approximate surface area is 124 Å². The van der Waals surface area contributed by atoms with Crippen LogP contribution in [0.5, 0.6) is 0 Å². The maximum atomic E-state index is 12.2. The molecule has 5 nitrogen and oxygen atoms in total. The van der Waals surface area contributed by atoms with E-state index in [1.165, 1.54) is 10.6 Å². The molecule has 106 valence electrons. The SMILES string of the molecule is CSc1cccc(-n2c(=O)[nH]c3c(C(=O)O)cccc32)c1. The van der Waals surface area contributed by atoms with E-state index in [0.29, 0.717) is 16.7 Å². The van der Waals surface area contributed by atoms with Gasteiger partial charge in [0.15, 0.2) is 0 Å². The van der Waals surface area contributed by atoms with Gasteiger partial charge in [-0.05, 0) is 36.6 Å². The highest BCUT2D eigenvalue weighted by Crippen LogP contribution is 2.22. The fourth-order valence-corrected chi connectivity index (χ4v) is 2.77. The molecule has 21 heavy (non-hydrogen) atoms. The van der Waals surface area contributed by atoms with Gasteiger partial charge in [0, 0.05) is 4.90 Å². The first-order valence-corrected chi connectivity index (χ1v) is 7.46. The largest absolute Gasteiger partial charge is 0.478 e. The molecule has 0 atom stereocenters. The van der Waals surface area contributed by atoms with Gasteiger partial charge in [-0.1, -0.05) is 12.1 Å². The number of rotatable bonds is 3. The standard InChI is InChI=1S/C15H12N2O3S/c1-21-10-5-2-4-9(8-10)17-12-7-3-6-11(14(18)19)13(12)16-15(17)20/h2-8H,1H3,(H,16,20)(H,18,19). The zero-order valence-electron chi connectivity index (χ0n) is 11.2. The van der Waals surface area contributed by atoms with E-state index in [-0.39, 0.29) is 11.3 Å². The molecule has 0 saturated carbocycles. The number of thioether (sulfide) groups is 1. The van der Waals surface area contributed by atoms with Crippen molar-refractivity contribution in [3.63, 3.8) is 0 Å². The fourth-order valence-electron chi connectivity index (χ4n) is 2.31. The Morgan fingerprint density at radius 3 is 2.71 bits per heavy atom. The first kappa shape index (κ1) is 13.5. The Balaban J connectivity index is 2.33. The summed E-state index contributed by atoms with van der Waals surface area (Å²) >= 11 is 1.58. The van der Waals surface area contributed by atoms with Crippen LogP contribution in [0, 0.1) is 0 Å². The highest BCUT2D eigenvalue weighted by molar-refractivity contribution is 7.98. The van der Waals surface area contributed by atoms with Crippen LogP contribution < -0.4 is 5.69 Å². The molecule has 0 aliphatic heterocycles. The lowest BCUT2D eigenvalue weighted by Crippen LogP contribution is -2.14. The number of aromatic carboxylic acids is 1. The van der Waals surface area contributed by atoms with Crippen LogP contribution >= 0.6 is 11.8 Å². The summed E-state index contributed by atoms with van der Waals surface area (Å²) in [4.78, 5) is 27.1. The Morgan fingerprint density at radius 1 is 1.24 bits per heavy atom. The molecule has 0 aliphatic carbocycles. The molecule has 0 radical (unpaired) electrons. The first-order chi connectivity index (χ1) is 10.1. The Bertz CT molecular complexity index is 895. The van der Waals surface area contributed by atoms with Crippen LogP contribution in [-0.4, -0.2) is 26.9 Å². The zero-order valence-corrected chi connectivity index (χ0v) is 12.0. The maximum Gasteiger partial charge on any atom is 0.337 e. The fraction of sp³-hybridized carbons (Fsp3) is 0.0667. The molecule has 0 aliphatic rings. The minimum absolute atomic E-state index is 0.0874. The third kappa shape index (κ3) is 2.23. The van der Waals surface area contributed by atoms with Crippen LogP contribution in [0.1, 0.15) is 10.4 Å². The number of para-hydroxylation sites is 1. The molecule has 0 unspecified atom stereocenters. The average Bonchev–Trinajstić information content (AvgIpc) is 2.82. The van der Waals surface area contributed by atoms with Gasteiger partial charge < -0.3 is 10.1 Å². The van der Waals surface area contributed by atoms with Gasteiger partial charge in [0.25, 0.3) is 0 Å². The molecular weight excluding hydrogens is 288 g/mol. The topological polar surface area (TPSA) is 75.1 Å². The van der Waals surface area contributed by atoms with Crippen LogP contribution in [0.15, 0.2) is 52.2 Å². The molecule has 2 aromatic carbocycles. The van der Waals surface area contributed by atoms with E-state index < -0.39 is 5.97 Å². The quantitative estimate of drug-likeness (QED) is 0.729. The van der Waals surface area contributed by atoms with Crippen molar-refractivity contribution in [3.8, 4) is 5.69 Å². The van der Waals surface area contributed by atoms with Gasteiger partial charge in [0.05, 0.1) is 22.3 Å². The number of H-pyrrole nitrogens is 1. The average molecular weight is 300 g/mol. The number of nitrogens with one attached hydrogen (secondary N) is 1. The summed E-state index contributed by atoms with van der Waals surface area (Å²) in [7, 11) is 0. The summed E-state index contributed by atoms with van der Waals surface area (Å²) in [5.41, 5.74) is 1.34. The van der Waals surface area contributed by atoms with Crippen molar-refractivity contribution in [3.05, 3.63) is 58.5 Å². The second-order valence-corrected chi connectivity index (χ2v) is 5.35. The number of nitrogens with zero attached hydrogens (tertiary/aromatic N) is 1. The minimum atomic E-state index is -1.06. The molecule has 1 heterocycles. The van der Waals surface area contributed by atoms with Crippen molar-refractivity contribution in [2.75, 3.05) is 6.26 Å². The Hall–Kier alpha value is -2.47. The van der Waals surface area contributed by atoms with E-state index in [2.05, 4.69) is 4.98 Å². The third-order valence-corrected chi connectivity index (χ3v) is 3.99. The van der Waals surface area contributed by atoms with Gasteiger partial charge >= 0.3 is 11.7 Å². The number of carbonyl (C=O) groups is 1. The van der Waals surface area contributed by atoms with Crippen LogP contribution in [0.2, 0.25) is 0 Å². The number of hydrogen-bond donors (Lipinski definition) is 2. The highest BCUT2D eigenvalue weighted by atomic mass is 32.2. The summed E-state index contributed by atoms with van der Waals surface area (Å²) in [6, 6.07) is 12.4. The molecule has 0 bridgehead atoms. The van der Waals surface area contributed by atoms with E-state index >= 15 is 0 Å². The molecule has 3 aromatic rings. The summed E-state index contributed by atoms with van der Waals surface area (Å²) in [6.07, 6.45) is 1.96. The lowest BCUT2D eigenvalue weighted by Gasteiger charge is -2.05. The Morgan fingerprint density at radius 2 is 2.00 bits per heavy atom. The van der Waals surface area contributed by atoms with Gasteiger partial charge in [0.1, 0.15) is 0 Å². The summed E-state index contributed by atoms with van der Waals surface area (Å²) in [5.74, 6) is -1.06. The molecule has 0 amide bonds. The van der Waals surface area contributed by atoms with Crippen LogP contribution in [0.3, 0.4) is 0 Å².